The number of carbonyl (C=O) groups excluding carboxylic acids is 1. The van der Waals surface area contributed by atoms with Crippen molar-refractivity contribution >= 4 is 5.97 Å². The number of carbonyl (C=O) groups is 1. The third-order valence-corrected chi connectivity index (χ3v) is 3.22. The predicted octanol–water partition coefficient (Wildman–Crippen LogP) is 6.47. The van der Waals surface area contributed by atoms with Crippen LogP contribution in [0.1, 0.15) is 65.2 Å². The smallest absolute Gasteiger partial charge is 0.309 e. The van der Waals surface area contributed by atoms with Crippen molar-refractivity contribution in [1.29, 1.82) is 0 Å². The fraction of sp³-hybridized carbons (Fsp3) is 0.500. The molecule has 0 spiro atoms. The second-order valence-corrected chi connectivity index (χ2v) is 5.41. The van der Waals surface area contributed by atoms with Crippen LogP contribution in [0.4, 0.5) is 0 Å². The molecule has 0 aliphatic rings. The monoisotopic (exact) mass is 330 g/mol. The number of hydrogen-bond acceptors (Lipinski definition) is 2. The highest BCUT2D eigenvalue weighted by Crippen LogP contribution is 2.01. The van der Waals surface area contributed by atoms with Crippen LogP contribution < -0.4 is 0 Å². The van der Waals surface area contributed by atoms with Crippen molar-refractivity contribution in [2.75, 3.05) is 6.61 Å². The third-order valence-electron chi connectivity index (χ3n) is 3.22. The molecule has 0 radical (unpaired) electrons. The lowest BCUT2D eigenvalue weighted by Gasteiger charge is -1.96. The minimum atomic E-state index is -0.146. The van der Waals surface area contributed by atoms with Crippen LogP contribution in [0, 0.1) is 0 Å². The minimum absolute atomic E-state index is 0.146. The zero-order valence-corrected chi connectivity index (χ0v) is 15.5. The van der Waals surface area contributed by atoms with Crippen LogP contribution in [-0.4, -0.2) is 12.6 Å². The molecule has 0 aromatic rings. The molecule has 0 aromatic heterocycles. The minimum Gasteiger partial charge on any atom is -0.466 e. The Balaban J connectivity index is 3.46. The molecule has 0 heterocycles. The number of hydrogen-bond donors (Lipinski definition) is 0. The SMILES string of the molecule is CC/C=C\C/C=C\C/C=C\C/C=C\CCC/C=C/CC(=O)OCC. The quantitative estimate of drug-likeness (QED) is 0.207. The number of unbranched alkanes of at least 4 members (excludes halogenated alkanes) is 2. The Hall–Kier alpha value is -1.83. The molecule has 134 valence electrons. The first-order valence-electron chi connectivity index (χ1n) is 9.21. The van der Waals surface area contributed by atoms with Gasteiger partial charge in [-0.1, -0.05) is 67.7 Å². The molecule has 0 amide bonds. The summed E-state index contributed by atoms with van der Waals surface area (Å²) < 4.78 is 4.86. The van der Waals surface area contributed by atoms with Crippen molar-refractivity contribution in [3.8, 4) is 0 Å². The van der Waals surface area contributed by atoms with E-state index in [1.54, 1.807) is 0 Å². The maximum Gasteiger partial charge on any atom is 0.309 e. The Morgan fingerprint density at radius 1 is 0.708 bits per heavy atom. The summed E-state index contributed by atoms with van der Waals surface area (Å²) in [5, 5.41) is 0. The molecular formula is C22H34O2. The van der Waals surface area contributed by atoms with Crippen LogP contribution in [0.2, 0.25) is 0 Å². The molecule has 0 aliphatic carbocycles. The lowest BCUT2D eigenvalue weighted by Crippen LogP contribution is -2.01. The van der Waals surface area contributed by atoms with Crippen molar-refractivity contribution in [2.24, 2.45) is 0 Å². The molecule has 0 rings (SSSR count). The summed E-state index contributed by atoms with van der Waals surface area (Å²) in [7, 11) is 0. The second kappa shape index (κ2) is 19.2. The fourth-order valence-corrected chi connectivity index (χ4v) is 1.97. The molecule has 0 aromatic carbocycles. The summed E-state index contributed by atoms with van der Waals surface area (Å²) >= 11 is 0. The highest BCUT2D eigenvalue weighted by molar-refractivity contribution is 5.71. The Labute approximate surface area is 148 Å². The molecule has 2 heteroatoms. The van der Waals surface area contributed by atoms with E-state index in [9.17, 15) is 4.79 Å². The van der Waals surface area contributed by atoms with Gasteiger partial charge >= 0.3 is 5.97 Å². The third kappa shape index (κ3) is 18.2. The molecule has 0 saturated heterocycles. The molecule has 0 unspecified atom stereocenters. The molecular weight excluding hydrogens is 296 g/mol. The molecule has 0 saturated carbocycles. The molecule has 0 N–H and O–H groups in total. The lowest BCUT2D eigenvalue weighted by atomic mass is 10.2. The summed E-state index contributed by atoms with van der Waals surface area (Å²) in [4.78, 5) is 11.1. The van der Waals surface area contributed by atoms with Crippen molar-refractivity contribution in [1.82, 2.24) is 0 Å². The van der Waals surface area contributed by atoms with Gasteiger partial charge in [-0.25, -0.2) is 0 Å². The molecule has 0 atom stereocenters. The van der Waals surface area contributed by atoms with Gasteiger partial charge in [0, 0.05) is 0 Å². The molecule has 0 fully saturated rings. The van der Waals surface area contributed by atoms with Gasteiger partial charge in [0.1, 0.15) is 0 Å². The van der Waals surface area contributed by atoms with Gasteiger partial charge in [0.05, 0.1) is 13.0 Å². The highest BCUT2D eigenvalue weighted by Gasteiger charge is 1.95. The van der Waals surface area contributed by atoms with E-state index >= 15 is 0 Å². The molecule has 2 nitrogen and oxygen atoms in total. The van der Waals surface area contributed by atoms with E-state index in [-0.39, 0.29) is 5.97 Å². The summed E-state index contributed by atoms with van der Waals surface area (Å²) in [6.45, 7) is 4.43. The van der Waals surface area contributed by atoms with Crippen molar-refractivity contribution < 1.29 is 9.53 Å². The lowest BCUT2D eigenvalue weighted by molar-refractivity contribution is -0.142. The van der Waals surface area contributed by atoms with Crippen LogP contribution in [0.3, 0.4) is 0 Å². The first kappa shape index (κ1) is 22.2. The first-order valence-corrected chi connectivity index (χ1v) is 9.21. The second-order valence-electron chi connectivity index (χ2n) is 5.41. The average Bonchev–Trinajstić information content (AvgIpc) is 2.58. The van der Waals surface area contributed by atoms with Gasteiger partial charge in [-0.3, -0.25) is 4.79 Å². The number of esters is 1. The largest absolute Gasteiger partial charge is 0.466 e. The van der Waals surface area contributed by atoms with E-state index in [0.29, 0.717) is 13.0 Å². The highest BCUT2D eigenvalue weighted by atomic mass is 16.5. The van der Waals surface area contributed by atoms with Crippen molar-refractivity contribution in [2.45, 2.75) is 65.2 Å². The van der Waals surface area contributed by atoms with Gasteiger partial charge in [-0.2, -0.15) is 0 Å². The van der Waals surface area contributed by atoms with Gasteiger partial charge in [0.25, 0.3) is 0 Å². The number of allylic oxidation sites excluding steroid dienone is 9. The Morgan fingerprint density at radius 3 is 1.75 bits per heavy atom. The van der Waals surface area contributed by atoms with Crippen LogP contribution in [0.5, 0.6) is 0 Å². The Bertz CT molecular complexity index is 425. The van der Waals surface area contributed by atoms with Crippen LogP contribution >= 0.6 is 0 Å². The summed E-state index contributed by atoms with van der Waals surface area (Å²) in [6.07, 6.45) is 29.4. The maximum absolute atomic E-state index is 11.1. The zero-order valence-electron chi connectivity index (χ0n) is 15.5. The Morgan fingerprint density at radius 2 is 1.21 bits per heavy atom. The van der Waals surface area contributed by atoms with Gasteiger partial charge in [0.15, 0.2) is 0 Å². The number of rotatable bonds is 14. The molecule has 0 bridgehead atoms. The summed E-state index contributed by atoms with van der Waals surface area (Å²) in [5.74, 6) is -0.146. The first-order chi connectivity index (χ1) is 11.8. The molecule has 24 heavy (non-hydrogen) atoms. The van der Waals surface area contributed by atoms with Crippen LogP contribution in [0.15, 0.2) is 60.8 Å². The van der Waals surface area contributed by atoms with Gasteiger partial charge in [0.2, 0.25) is 0 Å². The maximum atomic E-state index is 11.1. The average molecular weight is 331 g/mol. The zero-order chi connectivity index (χ0) is 17.7. The summed E-state index contributed by atoms with van der Waals surface area (Å²) in [6, 6.07) is 0. The van der Waals surface area contributed by atoms with E-state index in [1.807, 2.05) is 13.0 Å². The van der Waals surface area contributed by atoms with Crippen LogP contribution in [0.25, 0.3) is 0 Å². The van der Waals surface area contributed by atoms with Crippen molar-refractivity contribution in [3.63, 3.8) is 0 Å². The van der Waals surface area contributed by atoms with Crippen molar-refractivity contribution in [3.05, 3.63) is 60.8 Å². The normalized spacial score (nSPS) is 12.6. The topological polar surface area (TPSA) is 26.3 Å². The van der Waals surface area contributed by atoms with E-state index in [0.717, 1.165) is 44.9 Å². The number of ether oxygens (including phenoxy) is 1. The van der Waals surface area contributed by atoms with E-state index in [2.05, 4.69) is 61.6 Å². The van der Waals surface area contributed by atoms with E-state index < -0.39 is 0 Å². The standard InChI is InChI=1S/C22H34O2/c1-3-5-6-7-8-9-10-11-12-13-14-15-16-17-18-19-20-21-22(23)24-4-2/h5-6,8-9,11-12,14-15,19-20H,3-4,7,10,13,16-18,21H2,1-2H3/b6-5-,9-8-,12-11-,15-14-,20-19+. The summed E-state index contributed by atoms with van der Waals surface area (Å²) in [5.41, 5.74) is 0. The Kier molecular flexibility index (Phi) is 17.8. The predicted molar refractivity (Wildman–Crippen MR) is 105 cm³/mol. The van der Waals surface area contributed by atoms with Gasteiger partial charge in [-0.15, -0.1) is 0 Å². The van der Waals surface area contributed by atoms with E-state index in [1.165, 1.54) is 0 Å². The van der Waals surface area contributed by atoms with Crippen LogP contribution in [-0.2, 0) is 9.53 Å². The fourth-order valence-electron chi connectivity index (χ4n) is 1.97. The van der Waals surface area contributed by atoms with E-state index in [4.69, 9.17) is 4.74 Å². The van der Waals surface area contributed by atoms with Gasteiger partial charge in [-0.05, 0) is 51.9 Å². The molecule has 0 aliphatic heterocycles. The van der Waals surface area contributed by atoms with Gasteiger partial charge < -0.3 is 4.74 Å².